The molecule has 1 aromatic carbocycles. The van der Waals surface area contributed by atoms with Crippen molar-refractivity contribution < 1.29 is 19.4 Å². The van der Waals surface area contributed by atoms with Crippen molar-refractivity contribution in [3.63, 3.8) is 0 Å². The first kappa shape index (κ1) is 15.3. The third-order valence-electron chi connectivity index (χ3n) is 3.48. The summed E-state index contributed by atoms with van der Waals surface area (Å²) in [5.74, 6) is -1.02. The van der Waals surface area contributed by atoms with Crippen molar-refractivity contribution in [1.82, 2.24) is 4.90 Å². The van der Waals surface area contributed by atoms with Crippen molar-refractivity contribution in [2.45, 2.75) is 25.9 Å². The Morgan fingerprint density at radius 2 is 2.29 bits per heavy atom. The van der Waals surface area contributed by atoms with Crippen molar-refractivity contribution in [1.29, 1.82) is 0 Å². The predicted molar refractivity (Wildman–Crippen MR) is 78.6 cm³/mol. The lowest BCUT2D eigenvalue weighted by Gasteiger charge is -2.24. The van der Waals surface area contributed by atoms with Crippen LogP contribution in [0.2, 0.25) is 0 Å². The molecule has 2 rings (SSSR count). The molecule has 0 spiro atoms. The molecule has 0 bridgehead atoms. The van der Waals surface area contributed by atoms with Gasteiger partial charge in [0.15, 0.2) is 0 Å². The van der Waals surface area contributed by atoms with Crippen LogP contribution in [0.25, 0.3) is 0 Å². The fraction of sp³-hybridized carbons (Fsp3) is 0.467. The van der Waals surface area contributed by atoms with Crippen molar-refractivity contribution in [3.05, 3.63) is 29.8 Å². The fourth-order valence-corrected chi connectivity index (χ4v) is 2.32. The summed E-state index contributed by atoms with van der Waals surface area (Å²) in [5, 5.41) is 11.7. The van der Waals surface area contributed by atoms with Crippen LogP contribution >= 0.6 is 0 Å². The van der Waals surface area contributed by atoms with Gasteiger partial charge in [0.1, 0.15) is 0 Å². The van der Waals surface area contributed by atoms with Crippen molar-refractivity contribution in [2.24, 2.45) is 0 Å². The van der Waals surface area contributed by atoms with E-state index in [-0.39, 0.29) is 17.7 Å². The van der Waals surface area contributed by atoms with Crippen molar-refractivity contribution in [3.8, 4) is 0 Å². The highest BCUT2D eigenvalue weighted by Crippen LogP contribution is 2.15. The van der Waals surface area contributed by atoms with Crippen LogP contribution in [0.5, 0.6) is 0 Å². The van der Waals surface area contributed by atoms with E-state index in [2.05, 4.69) is 5.32 Å². The van der Waals surface area contributed by atoms with Gasteiger partial charge in [0.2, 0.25) is 0 Å². The number of anilines is 1. The number of carbonyl (C=O) groups excluding carboxylic acids is 1. The largest absolute Gasteiger partial charge is 0.478 e. The molecule has 21 heavy (non-hydrogen) atoms. The average Bonchev–Trinajstić information content (AvgIpc) is 2.97. The molecular formula is C15H20N2O4. The number of ether oxygens (including phenoxy) is 1. The molecular weight excluding hydrogens is 272 g/mol. The van der Waals surface area contributed by atoms with Gasteiger partial charge in [-0.2, -0.15) is 0 Å². The van der Waals surface area contributed by atoms with E-state index >= 15 is 0 Å². The highest BCUT2D eigenvalue weighted by Gasteiger charge is 2.21. The molecule has 0 aromatic heterocycles. The molecule has 0 radical (unpaired) electrons. The van der Waals surface area contributed by atoms with Crippen molar-refractivity contribution in [2.75, 3.05) is 25.0 Å². The average molecular weight is 292 g/mol. The molecule has 1 fully saturated rings. The number of benzene rings is 1. The second kappa shape index (κ2) is 7.08. The standard InChI is InChI=1S/C15H20N2O4/c1-2-17(10-13-7-4-8-21-13)15(20)16-12-6-3-5-11(9-12)14(18)19/h3,5-6,9,13H,2,4,7-8,10H2,1H3,(H,16,20)(H,18,19). The molecule has 2 amide bonds. The summed E-state index contributed by atoms with van der Waals surface area (Å²) < 4.78 is 5.54. The van der Waals surface area contributed by atoms with Gasteiger partial charge in [0.05, 0.1) is 11.7 Å². The highest BCUT2D eigenvalue weighted by molar-refractivity contribution is 5.93. The number of amides is 2. The quantitative estimate of drug-likeness (QED) is 0.873. The molecule has 1 saturated heterocycles. The van der Waals surface area contributed by atoms with Gasteiger partial charge >= 0.3 is 12.0 Å². The number of likely N-dealkylation sites (N-methyl/N-ethyl adjacent to an activating group) is 1. The van der Waals surface area contributed by atoms with E-state index in [1.54, 1.807) is 17.0 Å². The summed E-state index contributed by atoms with van der Waals surface area (Å²) in [4.78, 5) is 24.8. The van der Waals surface area contributed by atoms with Gasteiger partial charge in [-0.1, -0.05) is 6.07 Å². The number of carbonyl (C=O) groups is 2. The van der Waals surface area contributed by atoms with Gasteiger partial charge in [0, 0.05) is 25.4 Å². The first-order valence-electron chi connectivity index (χ1n) is 7.11. The number of hydrogen-bond acceptors (Lipinski definition) is 3. The monoisotopic (exact) mass is 292 g/mol. The molecule has 1 heterocycles. The number of carboxylic acids is 1. The van der Waals surface area contributed by atoms with Gasteiger partial charge in [-0.15, -0.1) is 0 Å². The Morgan fingerprint density at radius 3 is 2.90 bits per heavy atom. The molecule has 0 saturated carbocycles. The summed E-state index contributed by atoms with van der Waals surface area (Å²) in [5.41, 5.74) is 0.626. The lowest BCUT2D eigenvalue weighted by atomic mass is 10.2. The number of aromatic carboxylic acids is 1. The normalized spacial score (nSPS) is 17.5. The minimum absolute atomic E-state index is 0.0982. The Labute approximate surface area is 123 Å². The summed E-state index contributed by atoms with van der Waals surface area (Å²) >= 11 is 0. The van der Waals surface area contributed by atoms with E-state index in [1.165, 1.54) is 12.1 Å². The number of rotatable bonds is 5. The zero-order chi connectivity index (χ0) is 15.2. The minimum Gasteiger partial charge on any atom is -0.478 e. The van der Waals surface area contributed by atoms with Crippen LogP contribution in [-0.4, -0.2) is 47.8 Å². The zero-order valence-corrected chi connectivity index (χ0v) is 12.0. The van der Waals surface area contributed by atoms with Crippen LogP contribution < -0.4 is 5.32 Å². The Morgan fingerprint density at radius 1 is 1.48 bits per heavy atom. The highest BCUT2D eigenvalue weighted by atomic mass is 16.5. The molecule has 2 N–H and O–H groups in total. The lowest BCUT2D eigenvalue weighted by Crippen LogP contribution is -2.40. The number of nitrogens with zero attached hydrogens (tertiary/aromatic N) is 1. The second-order valence-corrected chi connectivity index (χ2v) is 4.99. The molecule has 6 nitrogen and oxygen atoms in total. The van der Waals surface area contributed by atoms with Crippen LogP contribution in [0.4, 0.5) is 10.5 Å². The van der Waals surface area contributed by atoms with Gasteiger partial charge in [-0.25, -0.2) is 9.59 Å². The van der Waals surface area contributed by atoms with Gasteiger partial charge < -0.3 is 20.1 Å². The topological polar surface area (TPSA) is 78.9 Å². The van der Waals surface area contributed by atoms with E-state index in [9.17, 15) is 9.59 Å². The molecule has 1 unspecified atom stereocenters. The summed E-state index contributed by atoms with van der Waals surface area (Å²) in [6, 6.07) is 5.97. The number of hydrogen-bond donors (Lipinski definition) is 2. The maximum atomic E-state index is 12.2. The first-order chi connectivity index (χ1) is 10.1. The van der Waals surface area contributed by atoms with Crippen LogP contribution in [0.1, 0.15) is 30.1 Å². The fourth-order valence-electron chi connectivity index (χ4n) is 2.32. The Bertz CT molecular complexity index is 512. The smallest absolute Gasteiger partial charge is 0.335 e. The molecule has 1 aliphatic rings. The SMILES string of the molecule is CCN(CC1CCCO1)C(=O)Nc1cccc(C(=O)O)c1. The van der Waals surface area contributed by atoms with Crippen LogP contribution in [0.15, 0.2) is 24.3 Å². The number of urea groups is 1. The van der Waals surface area contributed by atoms with Gasteiger partial charge in [-0.05, 0) is 38.0 Å². The third-order valence-corrected chi connectivity index (χ3v) is 3.48. The Hall–Kier alpha value is -2.08. The second-order valence-electron chi connectivity index (χ2n) is 4.99. The maximum Gasteiger partial charge on any atom is 0.335 e. The number of nitrogens with one attached hydrogen (secondary N) is 1. The van der Waals surface area contributed by atoms with Gasteiger partial charge in [0.25, 0.3) is 0 Å². The maximum absolute atomic E-state index is 12.2. The van der Waals surface area contributed by atoms with Crippen LogP contribution in [0, 0.1) is 0 Å². The molecule has 6 heteroatoms. The van der Waals surface area contributed by atoms with Crippen molar-refractivity contribution >= 4 is 17.7 Å². The molecule has 1 aliphatic heterocycles. The summed E-state index contributed by atoms with van der Waals surface area (Å²) in [6.07, 6.45) is 2.10. The van der Waals surface area contributed by atoms with Crippen LogP contribution in [-0.2, 0) is 4.74 Å². The van der Waals surface area contributed by atoms with Crippen LogP contribution in [0.3, 0.4) is 0 Å². The number of carboxylic acid groups (broad SMARTS) is 1. The zero-order valence-electron chi connectivity index (χ0n) is 12.0. The van der Waals surface area contributed by atoms with E-state index in [0.717, 1.165) is 19.4 Å². The summed E-state index contributed by atoms with van der Waals surface area (Å²) in [7, 11) is 0. The molecule has 114 valence electrons. The Kier molecular flexibility index (Phi) is 5.16. The van der Waals surface area contributed by atoms with E-state index in [1.807, 2.05) is 6.92 Å². The van der Waals surface area contributed by atoms with E-state index in [4.69, 9.17) is 9.84 Å². The lowest BCUT2D eigenvalue weighted by molar-refractivity contribution is 0.0697. The third kappa shape index (κ3) is 4.19. The van der Waals surface area contributed by atoms with E-state index in [0.29, 0.717) is 18.8 Å². The summed E-state index contributed by atoms with van der Waals surface area (Å²) in [6.45, 7) is 3.79. The van der Waals surface area contributed by atoms with Gasteiger partial charge in [-0.3, -0.25) is 0 Å². The Balaban J connectivity index is 1.98. The minimum atomic E-state index is -1.02. The predicted octanol–water partition coefficient (Wildman–Crippen LogP) is 2.42. The molecule has 1 atom stereocenters. The van der Waals surface area contributed by atoms with E-state index < -0.39 is 5.97 Å². The first-order valence-corrected chi connectivity index (χ1v) is 7.11. The molecule has 0 aliphatic carbocycles. The molecule has 1 aromatic rings.